The monoisotopic (exact) mass is 442 g/mol. The summed E-state index contributed by atoms with van der Waals surface area (Å²) in [5.74, 6) is -2.34. The number of carbonyl (C=O) groups is 1. The third kappa shape index (κ3) is 5.63. The van der Waals surface area contributed by atoms with E-state index in [2.05, 4.69) is 10.3 Å². The Bertz CT molecular complexity index is 936. The van der Waals surface area contributed by atoms with E-state index in [0.29, 0.717) is 18.7 Å². The molecule has 1 aromatic carbocycles. The smallest absolute Gasteiger partial charge is 0.257 e. The van der Waals surface area contributed by atoms with Crippen LogP contribution in [0.3, 0.4) is 0 Å². The van der Waals surface area contributed by atoms with Crippen molar-refractivity contribution >= 4 is 11.7 Å². The van der Waals surface area contributed by atoms with Crippen molar-refractivity contribution in [1.29, 1.82) is 0 Å². The van der Waals surface area contributed by atoms with Gasteiger partial charge in [-0.15, -0.1) is 0 Å². The molecule has 0 bridgehead atoms. The van der Waals surface area contributed by atoms with Gasteiger partial charge in [0.2, 0.25) is 0 Å². The van der Waals surface area contributed by atoms with E-state index in [4.69, 9.17) is 5.73 Å². The van der Waals surface area contributed by atoms with Gasteiger partial charge in [-0.1, -0.05) is 43.5 Å². The van der Waals surface area contributed by atoms with Crippen LogP contribution in [0, 0.1) is 0 Å². The normalized spacial score (nSPS) is 20.4. The van der Waals surface area contributed by atoms with E-state index in [1.165, 1.54) is 6.42 Å². The van der Waals surface area contributed by atoms with Crippen LogP contribution in [-0.2, 0) is 0 Å². The van der Waals surface area contributed by atoms with E-state index in [9.17, 15) is 13.6 Å². The first kappa shape index (κ1) is 22.6. The summed E-state index contributed by atoms with van der Waals surface area (Å²) in [5, 5.41) is 3.10. The molecule has 2 heterocycles. The Hall–Kier alpha value is -2.54. The van der Waals surface area contributed by atoms with Crippen LogP contribution in [0.1, 0.15) is 67.3 Å². The van der Waals surface area contributed by atoms with E-state index in [-0.39, 0.29) is 30.2 Å². The van der Waals surface area contributed by atoms with Crippen molar-refractivity contribution in [3.05, 3.63) is 47.7 Å². The molecular formula is C25H32F2N4O. The molecule has 1 aliphatic carbocycles. The van der Waals surface area contributed by atoms with Gasteiger partial charge in [0.1, 0.15) is 5.82 Å². The second-order valence-corrected chi connectivity index (χ2v) is 9.38. The molecule has 2 fully saturated rings. The van der Waals surface area contributed by atoms with Crippen molar-refractivity contribution in [3.63, 3.8) is 0 Å². The van der Waals surface area contributed by atoms with Crippen LogP contribution >= 0.6 is 0 Å². The Labute approximate surface area is 188 Å². The molecule has 5 nitrogen and oxygen atoms in total. The maximum atomic E-state index is 13.3. The zero-order chi connectivity index (χ0) is 22.7. The number of likely N-dealkylation sites (tertiary alicyclic amines) is 1. The minimum absolute atomic E-state index is 0.167. The third-order valence-corrected chi connectivity index (χ3v) is 6.59. The maximum Gasteiger partial charge on any atom is 0.257 e. The van der Waals surface area contributed by atoms with Crippen LogP contribution in [0.5, 0.6) is 0 Å². The Morgan fingerprint density at radius 1 is 1.16 bits per heavy atom. The molecule has 3 N–H and O–H groups in total. The second kappa shape index (κ2) is 9.53. The van der Waals surface area contributed by atoms with Gasteiger partial charge >= 0.3 is 0 Å². The number of amides is 1. The molecule has 0 spiro atoms. The molecule has 1 atom stereocenters. The van der Waals surface area contributed by atoms with Gasteiger partial charge in [-0.3, -0.25) is 9.69 Å². The Morgan fingerprint density at radius 2 is 1.88 bits per heavy atom. The fourth-order valence-corrected chi connectivity index (χ4v) is 4.91. The minimum atomic E-state index is -2.66. The van der Waals surface area contributed by atoms with Gasteiger partial charge in [-0.25, -0.2) is 13.8 Å². The minimum Gasteiger partial charge on any atom is -0.383 e. The van der Waals surface area contributed by atoms with Crippen molar-refractivity contribution in [3.8, 4) is 11.1 Å². The van der Waals surface area contributed by atoms with Crippen LogP contribution in [0.4, 0.5) is 14.6 Å². The van der Waals surface area contributed by atoms with Crippen molar-refractivity contribution < 1.29 is 13.6 Å². The Balaban J connectivity index is 1.44. The van der Waals surface area contributed by atoms with Crippen LogP contribution < -0.4 is 11.1 Å². The van der Waals surface area contributed by atoms with E-state index in [0.717, 1.165) is 55.7 Å². The highest BCUT2D eigenvalue weighted by Crippen LogP contribution is 2.31. The molecule has 1 amide bonds. The highest BCUT2D eigenvalue weighted by atomic mass is 19.3. The number of aromatic nitrogens is 1. The van der Waals surface area contributed by atoms with Crippen LogP contribution in [-0.4, -0.2) is 47.4 Å². The van der Waals surface area contributed by atoms with Gasteiger partial charge in [0.25, 0.3) is 11.8 Å². The SMILES string of the molecule is CC(F)(F)CN1CC[C@H](c2ccc(-c3cnc(N)c(C(=O)NC4CCCCC4)c3)cc2)C1. The fourth-order valence-electron chi connectivity index (χ4n) is 4.91. The molecule has 32 heavy (non-hydrogen) atoms. The van der Waals surface area contributed by atoms with Crippen molar-refractivity contribution in [2.45, 2.75) is 63.3 Å². The molecule has 1 saturated carbocycles. The summed E-state index contributed by atoms with van der Waals surface area (Å²) in [5.41, 5.74) is 9.34. The zero-order valence-corrected chi connectivity index (χ0v) is 18.6. The standard InChI is InChI=1S/C25H32F2N4O/c1-25(26,27)16-31-12-11-19(15-31)17-7-9-18(10-8-17)20-13-22(23(28)29-14-20)24(32)30-21-5-3-2-4-6-21/h7-10,13-14,19,21H,2-6,11-12,15-16H2,1H3,(H2,28,29)(H,30,32)/t19-/m0/s1. The van der Waals surface area contributed by atoms with Crippen molar-refractivity contribution in [1.82, 2.24) is 15.2 Å². The molecule has 7 heteroatoms. The number of carbonyl (C=O) groups excluding carboxylic acids is 1. The maximum absolute atomic E-state index is 13.3. The van der Waals surface area contributed by atoms with E-state index in [1.54, 1.807) is 12.3 Å². The average molecular weight is 443 g/mol. The number of benzene rings is 1. The number of nitrogen functional groups attached to an aromatic ring is 1. The van der Waals surface area contributed by atoms with Crippen LogP contribution in [0.25, 0.3) is 11.1 Å². The number of alkyl halides is 2. The third-order valence-electron chi connectivity index (χ3n) is 6.59. The number of hydrogen-bond donors (Lipinski definition) is 2. The number of rotatable bonds is 6. The van der Waals surface area contributed by atoms with E-state index >= 15 is 0 Å². The molecule has 172 valence electrons. The summed E-state index contributed by atoms with van der Waals surface area (Å²) in [7, 11) is 0. The summed E-state index contributed by atoms with van der Waals surface area (Å²) in [6.07, 6.45) is 8.09. The average Bonchev–Trinajstić information content (AvgIpc) is 3.21. The highest BCUT2D eigenvalue weighted by molar-refractivity contribution is 5.99. The van der Waals surface area contributed by atoms with Gasteiger partial charge in [0.15, 0.2) is 0 Å². The van der Waals surface area contributed by atoms with E-state index < -0.39 is 5.92 Å². The number of nitrogens with two attached hydrogens (primary N) is 1. The lowest BCUT2D eigenvalue weighted by Gasteiger charge is -2.23. The summed E-state index contributed by atoms with van der Waals surface area (Å²) >= 11 is 0. The molecular weight excluding hydrogens is 410 g/mol. The van der Waals surface area contributed by atoms with Gasteiger partial charge < -0.3 is 11.1 Å². The van der Waals surface area contributed by atoms with Gasteiger partial charge in [0, 0.05) is 31.3 Å². The van der Waals surface area contributed by atoms with Gasteiger partial charge in [0.05, 0.1) is 12.1 Å². The Morgan fingerprint density at radius 3 is 2.56 bits per heavy atom. The second-order valence-electron chi connectivity index (χ2n) is 9.38. The molecule has 4 rings (SSSR count). The zero-order valence-electron chi connectivity index (χ0n) is 18.6. The fraction of sp³-hybridized carbons (Fsp3) is 0.520. The first-order valence-corrected chi connectivity index (χ1v) is 11.6. The van der Waals surface area contributed by atoms with Crippen LogP contribution in [0.2, 0.25) is 0 Å². The lowest BCUT2D eigenvalue weighted by Crippen LogP contribution is -2.36. The topological polar surface area (TPSA) is 71.2 Å². The largest absolute Gasteiger partial charge is 0.383 e. The predicted molar refractivity (Wildman–Crippen MR) is 123 cm³/mol. The Kier molecular flexibility index (Phi) is 6.74. The molecule has 2 aromatic rings. The van der Waals surface area contributed by atoms with Gasteiger partial charge in [-0.05, 0) is 48.9 Å². The summed E-state index contributed by atoms with van der Waals surface area (Å²) in [6, 6.07) is 10.1. The van der Waals surface area contributed by atoms with Crippen LogP contribution in [0.15, 0.2) is 36.5 Å². The molecule has 1 saturated heterocycles. The summed E-state index contributed by atoms with van der Waals surface area (Å²) in [6.45, 7) is 2.12. The van der Waals surface area contributed by atoms with Gasteiger partial charge in [-0.2, -0.15) is 0 Å². The number of pyridine rings is 1. The summed E-state index contributed by atoms with van der Waals surface area (Å²) in [4.78, 5) is 18.9. The molecule has 2 aliphatic rings. The lowest BCUT2D eigenvalue weighted by atomic mass is 9.94. The lowest BCUT2D eigenvalue weighted by molar-refractivity contribution is -0.00885. The molecule has 0 radical (unpaired) electrons. The number of halogens is 2. The first-order chi connectivity index (χ1) is 15.3. The number of anilines is 1. The molecule has 0 unspecified atom stereocenters. The van der Waals surface area contributed by atoms with Crippen molar-refractivity contribution in [2.24, 2.45) is 0 Å². The molecule has 1 aromatic heterocycles. The summed E-state index contributed by atoms with van der Waals surface area (Å²) < 4.78 is 26.6. The number of nitrogens with one attached hydrogen (secondary N) is 1. The highest BCUT2D eigenvalue weighted by Gasteiger charge is 2.31. The predicted octanol–water partition coefficient (Wildman–Crippen LogP) is 4.84. The quantitative estimate of drug-likeness (QED) is 0.672. The number of nitrogens with zero attached hydrogens (tertiary/aromatic N) is 2. The van der Waals surface area contributed by atoms with Crippen molar-refractivity contribution in [2.75, 3.05) is 25.4 Å². The first-order valence-electron chi connectivity index (χ1n) is 11.6. The van der Waals surface area contributed by atoms with E-state index in [1.807, 2.05) is 29.2 Å². The number of hydrogen-bond acceptors (Lipinski definition) is 4. The molecule has 1 aliphatic heterocycles.